The fourth-order valence-electron chi connectivity index (χ4n) is 3.86. The molecule has 3 aromatic carbocycles. The van der Waals surface area contributed by atoms with Gasteiger partial charge in [0.25, 0.3) is 0 Å². The Labute approximate surface area is 199 Å². The second kappa shape index (κ2) is 12.9. The predicted molar refractivity (Wildman–Crippen MR) is 134 cm³/mol. The van der Waals surface area contributed by atoms with Crippen molar-refractivity contribution in [1.29, 1.82) is 0 Å². The highest BCUT2D eigenvalue weighted by Crippen LogP contribution is 2.69. The maximum Gasteiger partial charge on any atom is 0.517 e. The molecule has 0 aliphatic rings. The van der Waals surface area contributed by atoms with Crippen molar-refractivity contribution in [2.75, 3.05) is 6.61 Å². The van der Waals surface area contributed by atoms with Crippen LogP contribution in [0, 0.1) is 0 Å². The summed E-state index contributed by atoms with van der Waals surface area (Å²) in [5.41, 5.74) is 0. The SMILES string of the molecule is CCCCCCCCCOc1ccc(S(OC(=O)O)(c2ccccc2)c2ccccc2)cc1. The van der Waals surface area contributed by atoms with Crippen LogP contribution in [0.15, 0.2) is 99.6 Å². The van der Waals surface area contributed by atoms with Crippen molar-refractivity contribution in [3.8, 4) is 5.75 Å². The van der Waals surface area contributed by atoms with Gasteiger partial charge >= 0.3 is 6.16 Å². The third-order valence-corrected chi connectivity index (χ3v) is 8.72. The standard InChI is InChI=1S/C28H34O4S/c1-2-3-4-5-6-7-14-23-31-24-19-21-27(22-20-24)33(32-28(29)30,25-15-10-8-11-16-25)26-17-12-9-13-18-26/h8-13,15-22H,2-7,14,23H2,1H3,(H,29,30). The Morgan fingerprint density at radius 3 is 1.70 bits per heavy atom. The van der Waals surface area contributed by atoms with Crippen LogP contribution in [-0.2, 0) is 4.18 Å². The summed E-state index contributed by atoms with van der Waals surface area (Å²) >= 11 is 0. The molecule has 0 spiro atoms. The first-order valence-electron chi connectivity index (χ1n) is 11.8. The molecule has 0 radical (unpaired) electrons. The second-order valence-corrected chi connectivity index (χ2v) is 10.7. The molecule has 176 valence electrons. The first kappa shape index (κ1) is 24.7. The third-order valence-electron chi connectivity index (χ3n) is 5.52. The Morgan fingerprint density at radius 1 is 0.697 bits per heavy atom. The van der Waals surface area contributed by atoms with Crippen LogP contribution >= 0.6 is 10.3 Å². The molecule has 0 unspecified atom stereocenters. The third kappa shape index (κ3) is 6.78. The number of hydrogen-bond donors (Lipinski definition) is 1. The maximum absolute atomic E-state index is 11.9. The Hall–Kier alpha value is -2.92. The molecule has 0 amide bonds. The van der Waals surface area contributed by atoms with Gasteiger partial charge in [-0.05, 0) is 65.3 Å². The molecule has 1 N–H and O–H groups in total. The van der Waals surface area contributed by atoms with Gasteiger partial charge in [0.1, 0.15) is 5.75 Å². The highest BCUT2D eigenvalue weighted by atomic mass is 32.3. The zero-order valence-electron chi connectivity index (χ0n) is 19.3. The Bertz CT molecular complexity index is 919. The van der Waals surface area contributed by atoms with E-state index >= 15 is 0 Å². The van der Waals surface area contributed by atoms with E-state index in [1.807, 2.05) is 84.9 Å². The minimum Gasteiger partial charge on any atom is -0.494 e. The van der Waals surface area contributed by atoms with Gasteiger partial charge < -0.3 is 14.0 Å². The van der Waals surface area contributed by atoms with Gasteiger partial charge in [-0.25, -0.2) is 4.79 Å². The van der Waals surface area contributed by atoms with Gasteiger partial charge in [0.15, 0.2) is 0 Å². The van der Waals surface area contributed by atoms with Crippen LogP contribution in [-0.4, -0.2) is 17.9 Å². The molecule has 33 heavy (non-hydrogen) atoms. The normalized spacial score (nSPS) is 11.7. The summed E-state index contributed by atoms with van der Waals surface area (Å²) in [5.74, 6) is 0.787. The van der Waals surface area contributed by atoms with Crippen molar-refractivity contribution in [2.24, 2.45) is 0 Å². The number of carbonyl (C=O) groups is 1. The van der Waals surface area contributed by atoms with E-state index in [-0.39, 0.29) is 0 Å². The molecule has 0 bridgehead atoms. The van der Waals surface area contributed by atoms with Crippen molar-refractivity contribution >= 4 is 16.5 Å². The van der Waals surface area contributed by atoms with Gasteiger partial charge in [0.2, 0.25) is 0 Å². The average molecular weight is 467 g/mol. The van der Waals surface area contributed by atoms with Crippen LogP contribution in [0.4, 0.5) is 4.79 Å². The molecule has 0 heterocycles. The molecule has 0 aromatic heterocycles. The monoisotopic (exact) mass is 466 g/mol. The van der Waals surface area contributed by atoms with E-state index in [1.54, 1.807) is 0 Å². The fourth-order valence-corrected chi connectivity index (χ4v) is 6.78. The zero-order valence-corrected chi connectivity index (χ0v) is 20.1. The van der Waals surface area contributed by atoms with Crippen LogP contribution in [0.2, 0.25) is 0 Å². The minimum atomic E-state index is -2.44. The first-order chi connectivity index (χ1) is 16.2. The van der Waals surface area contributed by atoms with Gasteiger partial charge in [0, 0.05) is 14.7 Å². The predicted octanol–water partition coefficient (Wildman–Crippen LogP) is 8.71. The summed E-state index contributed by atoms with van der Waals surface area (Å²) in [7, 11) is -2.44. The summed E-state index contributed by atoms with van der Waals surface area (Å²) in [6, 6.07) is 26.9. The number of unbranched alkanes of at least 4 members (excludes halogenated alkanes) is 6. The molecule has 0 atom stereocenters. The van der Waals surface area contributed by atoms with E-state index in [9.17, 15) is 9.90 Å². The lowest BCUT2D eigenvalue weighted by Gasteiger charge is -2.38. The second-order valence-electron chi connectivity index (χ2n) is 7.97. The molecule has 0 saturated carbocycles. The number of benzene rings is 3. The number of rotatable bonds is 13. The molecular weight excluding hydrogens is 432 g/mol. The molecule has 4 nitrogen and oxygen atoms in total. The smallest absolute Gasteiger partial charge is 0.494 e. The van der Waals surface area contributed by atoms with Crippen LogP contribution in [0.25, 0.3) is 0 Å². The van der Waals surface area contributed by atoms with Crippen LogP contribution in [0.1, 0.15) is 51.9 Å². The minimum absolute atomic E-state index is 0.689. The Balaban J connectivity index is 1.77. The van der Waals surface area contributed by atoms with Gasteiger partial charge in [0.05, 0.1) is 6.61 Å². The van der Waals surface area contributed by atoms with Crippen molar-refractivity contribution in [3.05, 3.63) is 84.9 Å². The van der Waals surface area contributed by atoms with Crippen LogP contribution < -0.4 is 4.74 Å². The van der Waals surface area contributed by atoms with E-state index in [1.165, 1.54) is 38.5 Å². The maximum atomic E-state index is 11.9. The van der Waals surface area contributed by atoms with E-state index in [2.05, 4.69) is 6.92 Å². The molecule has 0 saturated heterocycles. The summed E-state index contributed by atoms with van der Waals surface area (Å²) in [5, 5.41) is 9.70. The lowest BCUT2D eigenvalue weighted by atomic mass is 10.1. The van der Waals surface area contributed by atoms with Crippen molar-refractivity contribution < 1.29 is 18.8 Å². The summed E-state index contributed by atoms with van der Waals surface area (Å²) < 4.78 is 11.7. The lowest BCUT2D eigenvalue weighted by molar-refractivity contribution is 0.150. The van der Waals surface area contributed by atoms with Gasteiger partial charge in [-0.2, -0.15) is 0 Å². The Morgan fingerprint density at radius 2 is 1.18 bits per heavy atom. The zero-order chi connectivity index (χ0) is 23.4. The van der Waals surface area contributed by atoms with Crippen LogP contribution in [0.5, 0.6) is 5.75 Å². The topological polar surface area (TPSA) is 55.8 Å². The molecule has 3 rings (SSSR count). The summed E-state index contributed by atoms with van der Waals surface area (Å²) in [4.78, 5) is 14.3. The van der Waals surface area contributed by atoms with E-state index < -0.39 is 16.5 Å². The number of ether oxygens (including phenoxy) is 1. The van der Waals surface area contributed by atoms with Gasteiger partial charge in [-0.15, -0.1) is 0 Å². The van der Waals surface area contributed by atoms with Gasteiger partial charge in [-0.3, -0.25) is 0 Å². The fraction of sp³-hybridized carbons (Fsp3) is 0.321. The van der Waals surface area contributed by atoms with E-state index in [0.29, 0.717) is 6.61 Å². The first-order valence-corrected chi connectivity index (χ1v) is 13.3. The molecule has 0 aliphatic heterocycles. The number of carboxylic acid groups (broad SMARTS) is 1. The summed E-state index contributed by atoms with van der Waals surface area (Å²) in [6.07, 6.45) is 7.41. The average Bonchev–Trinajstić information content (AvgIpc) is 2.85. The highest BCUT2D eigenvalue weighted by molar-refractivity contribution is 8.30. The summed E-state index contributed by atoms with van der Waals surface area (Å²) in [6.45, 7) is 2.92. The van der Waals surface area contributed by atoms with Crippen LogP contribution in [0.3, 0.4) is 0 Å². The molecule has 3 aromatic rings. The molecule has 0 aliphatic carbocycles. The van der Waals surface area contributed by atoms with E-state index in [0.717, 1.165) is 26.9 Å². The Kier molecular flexibility index (Phi) is 9.70. The van der Waals surface area contributed by atoms with E-state index in [4.69, 9.17) is 8.92 Å². The quantitative estimate of drug-likeness (QED) is 0.256. The molecular formula is C28H34O4S. The largest absolute Gasteiger partial charge is 0.517 e. The van der Waals surface area contributed by atoms with Crippen molar-refractivity contribution in [3.63, 3.8) is 0 Å². The highest BCUT2D eigenvalue weighted by Gasteiger charge is 2.35. The van der Waals surface area contributed by atoms with Crippen molar-refractivity contribution in [2.45, 2.75) is 66.6 Å². The lowest BCUT2D eigenvalue weighted by Crippen LogP contribution is -2.12. The van der Waals surface area contributed by atoms with Gasteiger partial charge in [-0.1, -0.05) is 81.8 Å². The number of hydrogen-bond acceptors (Lipinski definition) is 3. The van der Waals surface area contributed by atoms with Crippen molar-refractivity contribution in [1.82, 2.24) is 0 Å². The molecule has 5 heteroatoms. The molecule has 0 fully saturated rings.